The van der Waals surface area contributed by atoms with Crippen molar-refractivity contribution in [3.05, 3.63) is 23.8 Å². The number of nitrogens with two attached hydrogens (primary N) is 1. The van der Waals surface area contributed by atoms with E-state index in [9.17, 15) is 9.59 Å². The Bertz CT molecular complexity index is 1130. The third kappa shape index (κ3) is 4.08. The van der Waals surface area contributed by atoms with Crippen LogP contribution in [0.15, 0.2) is 12.3 Å². The normalized spacial score (nSPS) is 23.5. The van der Waals surface area contributed by atoms with E-state index in [1.165, 1.54) is 11.0 Å². The average Bonchev–Trinajstić information content (AvgIpc) is 3.32. The lowest BCUT2D eigenvalue weighted by atomic mass is 9.95. The first-order valence-electron chi connectivity index (χ1n) is 12.6. The van der Waals surface area contributed by atoms with Crippen LogP contribution in [-0.2, 0) is 10.2 Å². The van der Waals surface area contributed by atoms with Crippen molar-refractivity contribution in [3.63, 3.8) is 0 Å². The first kappa shape index (κ1) is 10.7. The van der Waals surface area contributed by atoms with Gasteiger partial charge in [-0.1, -0.05) is 31.9 Å². The van der Waals surface area contributed by atoms with Crippen LogP contribution in [0.4, 0.5) is 9.93 Å². The van der Waals surface area contributed by atoms with Crippen LogP contribution in [0.5, 0.6) is 0 Å². The number of hydrogen-bond acceptors (Lipinski definition) is 6. The number of carbonyl (C=O) groups excluding carboxylic acids is 2. The van der Waals surface area contributed by atoms with E-state index >= 15 is 0 Å². The third-order valence-electron chi connectivity index (χ3n) is 4.08. The van der Waals surface area contributed by atoms with Gasteiger partial charge in [0.1, 0.15) is 11.9 Å². The highest BCUT2D eigenvalue weighted by Crippen LogP contribution is 2.33. The number of anilines is 1. The van der Waals surface area contributed by atoms with Crippen molar-refractivity contribution < 1.29 is 21.9 Å². The number of aryl methyl sites for hydroxylation is 1. The number of aromatic nitrogens is 3. The number of likely N-dealkylation sites (tertiary alicyclic amines) is 1. The van der Waals surface area contributed by atoms with Crippen LogP contribution in [0.3, 0.4) is 0 Å². The average molecular weight is 398 g/mol. The van der Waals surface area contributed by atoms with Crippen LogP contribution >= 0.6 is 11.3 Å². The molecule has 9 heteroatoms. The summed E-state index contributed by atoms with van der Waals surface area (Å²) < 4.78 is 70.7. The minimum absolute atomic E-state index is 0.0359. The van der Waals surface area contributed by atoms with E-state index in [2.05, 4.69) is 20.3 Å². The maximum Gasteiger partial charge on any atom is 0.324 e. The predicted molar refractivity (Wildman–Crippen MR) is 105 cm³/mol. The number of rotatable bonds is 3. The predicted octanol–water partition coefficient (Wildman–Crippen LogP) is 2.69. The molecule has 1 atom stereocenters. The molecule has 1 aliphatic heterocycles. The molecule has 0 spiro atoms. The van der Waals surface area contributed by atoms with Gasteiger partial charge in [0.25, 0.3) is 0 Å². The Balaban J connectivity index is 2.02. The number of hydrogen-bond donors (Lipinski definition) is 2. The number of nitrogens with one attached hydrogen (secondary N) is 1. The Morgan fingerprint density at radius 2 is 2.19 bits per heavy atom. The molecule has 3 amide bonds. The lowest BCUT2D eigenvalue weighted by Gasteiger charge is -2.21. The Kier molecular flexibility index (Phi) is 2.86. The molecule has 1 fully saturated rings. The van der Waals surface area contributed by atoms with Gasteiger partial charge in [-0.3, -0.25) is 10.1 Å². The monoisotopic (exact) mass is 397 g/mol. The summed E-state index contributed by atoms with van der Waals surface area (Å²) in [7, 11) is 0. The number of primary amides is 1. The molecule has 27 heavy (non-hydrogen) atoms. The highest BCUT2D eigenvalue weighted by Gasteiger charge is 2.33. The Morgan fingerprint density at radius 1 is 1.41 bits per heavy atom. The molecule has 8 nitrogen and oxygen atoms in total. The van der Waals surface area contributed by atoms with Crippen molar-refractivity contribution in [2.75, 3.05) is 11.9 Å². The van der Waals surface area contributed by atoms with Crippen LogP contribution in [0.25, 0.3) is 10.6 Å². The minimum Gasteiger partial charge on any atom is -0.368 e. The van der Waals surface area contributed by atoms with Crippen LogP contribution < -0.4 is 11.1 Å². The zero-order valence-electron chi connectivity index (χ0n) is 23.4. The molecule has 2 aromatic rings. The zero-order chi connectivity index (χ0) is 27.3. The lowest BCUT2D eigenvalue weighted by molar-refractivity contribution is -0.121. The second-order valence-electron chi connectivity index (χ2n) is 6.13. The van der Waals surface area contributed by atoms with E-state index in [-0.39, 0.29) is 10.8 Å². The highest BCUT2D eigenvalue weighted by atomic mass is 32.1. The summed E-state index contributed by atoms with van der Waals surface area (Å²) in [5, 5.41) is 2.73. The van der Waals surface area contributed by atoms with Gasteiger partial charge in [-0.15, -0.1) is 0 Å². The van der Waals surface area contributed by atoms with E-state index < -0.39 is 49.8 Å². The molecule has 144 valence electrons. The molecule has 0 bridgehead atoms. The van der Waals surface area contributed by atoms with Gasteiger partial charge in [-0.05, 0) is 25.8 Å². The fraction of sp³-hybridized carbons (Fsp3) is 0.500. The minimum atomic E-state index is -3.50. The highest BCUT2D eigenvalue weighted by molar-refractivity contribution is 7.19. The van der Waals surface area contributed by atoms with Crippen molar-refractivity contribution in [3.8, 4) is 10.6 Å². The topological polar surface area (TPSA) is 114 Å². The van der Waals surface area contributed by atoms with Crippen molar-refractivity contribution >= 4 is 28.4 Å². The van der Waals surface area contributed by atoms with E-state index in [1.807, 2.05) is 0 Å². The Labute approximate surface area is 174 Å². The Morgan fingerprint density at radius 3 is 2.89 bits per heavy atom. The second-order valence-corrected chi connectivity index (χ2v) is 7.13. The lowest BCUT2D eigenvalue weighted by Crippen LogP contribution is -2.45. The summed E-state index contributed by atoms with van der Waals surface area (Å²) in [6.45, 7) is -8.59. The molecule has 0 unspecified atom stereocenters. The number of thiazole rings is 1. The summed E-state index contributed by atoms with van der Waals surface area (Å²) >= 11 is 0.953. The standard InChI is InChI=1S/C18H24N6O2S/c1-10-13(11-7-8-20-15(22-11)18(2,3)4)27-16(21-10)23-17(26)24-9-5-6-12(24)14(19)25/h7-8,12H,5-6,9H2,1-4H3,(H2,19,25)(H,21,23,26)/t12-/m0/s1/i2D3,3D3,4D3. The van der Waals surface area contributed by atoms with E-state index in [0.29, 0.717) is 30.0 Å². The molecular weight excluding hydrogens is 364 g/mol. The summed E-state index contributed by atoms with van der Waals surface area (Å²) in [4.78, 5) is 38.0. The van der Waals surface area contributed by atoms with Crippen LogP contribution in [0, 0.1) is 6.92 Å². The third-order valence-corrected chi connectivity index (χ3v) is 5.17. The fourth-order valence-corrected chi connectivity index (χ4v) is 3.75. The molecule has 1 aliphatic rings. The number of amides is 3. The van der Waals surface area contributed by atoms with Gasteiger partial charge in [0, 0.05) is 30.5 Å². The van der Waals surface area contributed by atoms with Gasteiger partial charge in [-0.2, -0.15) is 0 Å². The SMILES string of the molecule is [2H]C([2H])([2H])C(c1nccc(-c2sc(NC(=O)N3CCC[C@H]3C(N)=O)nc2C)n1)(C([2H])([2H])[2H])C([2H])([2H])[2H]. The summed E-state index contributed by atoms with van der Waals surface area (Å²) in [6, 6.07) is 0.0385. The van der Waals surface area contributed by atoms with Gasteiger partial charge in [-0.25, -0.2) is 19.7 Å². The molecular formula is C18H24N6O2S. The molecule has 0 saturated carbocycles. The zero-order valence-corrected chi connectivity index (χ0v) is 15.3. The molecule has 0 aliphatic carbocycles. The molecule has 3 rings (SSSR count). The molecule has 3 heterocycles. The molecule has 3 N–H and O–H groups in total. The van der Waals surface area contributed by atoms with Crippen LogP contribution in [-0.4, -0.2) is 44.4 Å². The van der Waals surface area contributed by atoms with Crippen LogP contribution in [0.1, 0.15) is 57.3 Å². The second kappa shape index (κ2) is 7.22. The van der Waals surface area contributed by atoms with Crippen molar-refractivity contribution in [1.29, 1.82) is 0 Å². The molecule has 1 saturated heterocycles. The van der Waals surface area contributed by atoms with Crippen molar-refractivity contribution in [1.82, 2.24) is 19.9 Å². The summed E-state index contributed by atoms with van der Waals surface area (Å²) in [5.74, 6) is -1.49. The number of carbonyl (C=O) groups is 2. The quantitative estimate of drug-likeness (QED) is 0.826. The van der Waals surface area contributed by atoms with Gasteiger partial charge >= 0.3 is 6.03 Å². The Hall–Kier alpha value is -2.55. The first-order valence-corrected chi connectivity index (χ1v) is 8.91. The van der Waals surface area contributed by atoms with Crippen molar-refractivity contribution in [2.24, 2.45) is 5.73 Å². The fourth-order valence-electron chi connectivity index (χ4n) is 2.82. The molecule has 2 aromatic heterocycles. The number of nitrogens with zero attached hydrogens (tertiary/aromatic N) is 4. The maximum atomic E-state index is 12.7. The first-order chi connectivity index (χ1) is 16.4. The smallest absolute Gasteiger partial charge is 0.324 e. The maximum absolute atomic E-state index is 12.7. The van der Waals surface area contributed by atoms with Crippen LogP contribution in [0.2, 0.25) is 0 Å². The van der Waals surface area contributed by atoms with Gasteiger partial charge in [0.05, 0.1) is 16.3 Å². The van der Waals surface area contributed by atoms with Crippen molar-refractivity contribution in [2.45, 2.75) is 51.8 Å². The molecule has 0 radical (unpaired) electrons. The van der Waals surface area contributed by atoms with E-state index in [1.54, 1.807) is 6.92 Å². The van der Waals surface area contributed by atoms with E-state index in [0.717, 1.165) is 17.5 Å². The number of urea groups is 1. The van der Waals surface area contributed by atoms with Gasteiger partial charge < -0.3 is 10.6 Å². The summed E-state index contributed by atoms with van der Waals surface area (Å²) in [6.07, 6.45) is 2.15. The van der Waals surface area contributed by atoms with E-state index in [4.69, 9.17) is 18.1 Å². The summed E-state index contributed by atoms with van der Waals surface area (Å²) in [5.41, 5.74) is 2.40. The van der Waals surface area contributed by atoms with Gasteiger partial charge in [0.15, 0.2) is 5.13 Å². The molecule has 0 aromatic carbocycles. The largest absolute Gasteiger partial charge is 0.368 e. The van der Waals surface area contributed by atoms with Gasteiger partial charge in [0.2, 0.25) is 5.91 Å².